The van der Waals surface area contributed by atoms with Gasteiger partial charge in [0, 0.05) is 24.0 Å². The van der Waals surface area contributed by atoms with Crippen molar-refractivity contribution in [1.29, 1.82) is 0 Å². The number of alkyl halides is 3. The molecular weight excluding hydrogens is 501 g/mol. The Morgan fingerprint density at radius 2 is 1.86 bits per heavy atom. The smallest absolute Gasteiger partial charge is 0.434 e. The first-order valence-corrected chi connectivity index (χ1v) is 9.76. The van der Waals surface area contributed by atoms with Crippen LogP contribution in [0.2, 0.25) is 5.02 Å². The zero-order chi connectivity index (χ0) is 25.3. The van der Waals surface area contributed by atoms with Crippen LogP contribution in [0.25, 0.3) is 5.82 Å². The monoisotopic (exact) mass is 511 g/mol. The highest BCUT2D eigenvalue weighted by atomic mass is 35.5. The van der Waals surface area contributed by atoms with Crippen LogP contribution < -0.4 is 15.8 Å². The molecule has 0 aliphatic rings. The second-order valence-electron chi connectivity index (χ2n) is 6.74. The topological polar surface area (TPSA) is 121 Å². The number of halogens is 6. The van der Waals surface area contributed by atoms with E-state index in [2.05, 4.69) is 25.6 Å². The third-order valence-corrected chi connectivity index (χ3v) is 4.79. The van der Waals surface area contributed by atoms with Gasteiger partial charge in [-0.3, -0.25) is 4.79 Å². The first-order valence-electron chi connectivity index (χ1n) is 9.38. The Bertz CT molecular complexity index is 1410. The van der Waals surface area contributed by atoms with Crippen LogP contribution in [0.4, 0.5) is 33.5 Å². The molecule has 0 radical (unpaired) electrons. The minimum Gasteiger partial charge on any atom is -0.453 e. The maximum atomic E-state index is 14.5. The zero-order valence-corrected chi connectivity index (χ0v) is 17.8. The van der Waals surface area contributed by atoms with Gasteiger partial charge >= 0.3 is 6.18 Å². The molecular formula is C20H11ClF5N7O2. The molecule has 0 aliphatic carbocycles. The van der Waals surface area contributed by atoms with E-state index in [4.69, 9.17) is 22.1 Å². The number of pyridine rings is 1. The number of ether oxygens (including phenoxy) is 1. The molecule has 15 heteroatoms. The van der Waals surface area contributed by atoms with Crippen molar-refractivity contribution in [2.75, 3.05) is 11.1 Å². The minimum atomic E-state index is -5.05. The lowest BCUT2D eigenvalue weighted by Gasteiger charge is -2.13. The second kappa shape index (κ2) is 9.13. The van der Waals surface area contributed by atoms with E-state index in [0.717, 1.165) is 24.3 Å². The van der Waals surface area contributed by atoms with E-state index >= 15 is 0 Å². The van der Waals surface area contributed by atoms with Crippen LogP contribution in [0.1, 0.15) is 16.1 Å². The van der Waals surface area contributed by atoms with Crippen LogP contribution in [0.15, 0.2) is 48.8 Å². The molecule has 35 heavy (non-hydrogen) atoms. The summed E-state index contributed by atoms with van der Waals surface area (Å²) in [5, 5.41) is 12.0. The molecule has 1 aromatic carbocycles. The van der Waals surface area contributed by atoms with Crippen LogP contribution in [-0.2, 0) is 6.18 Å². The molecule has 0 spiro atoms. The number of hydrogen-bond donors (Lipinski definition) is 2. The summed E-state index contributed by atoms with van der Waals surface area (Å²) in [7, 11) is 0. The van der Waals surface area contributed by atoms with Crippen molar-refractivity contribution in [2.45, 2.75) is 6.18 Å². The van der Waals surface area contributed by atoms with E-state index < -0.39 is 40.9 Å². The molecule has 0 unspecified atom stereocenters. The largest absolute Gasteiger partial charge is 0.453 e. The number of nitrogen functional groups attached to an aromatic ring is 1. The standard InChI is InChI=1S/C20H11ClF5N7O2/c21-16-13(5-6-28-18(16)27)35-12-2-1-9(7-11(12)22)30-19(34)10-8-29-33(17(10)20(24,25)26)15-4-3-14(23)31-32-15/h1-8H,(H2,27,28)(H,30,34). The van der Waals surface area contributed by atoms with E-state index in [9.17, 15) is 26.7 Å². The molecule has 0 saturated carbocycles. The van der Waals surface area contributed by atoms with Gasteiger partial charge < -0.3 is 15.8 Å². The van der Waals surface area contributed by atoms with Gasteiger partial charge in [0.05, 0.1) is 11.8 Å². The van der Waals surface area contributed by atoms with Gasteiger partial charge in [0.25, 0.3) is 5.91 Å². The van der Waals surface area contributed by atoms with Crippen molar-refractivity contribution in [2.24, 2.45) is 0 Å². The Labute approximate surface area is 197 Å². The number of amides is 1. The maximum absolute atomic E-state index is 14.5. The van der Waals surface area contributed by atoms with E-state index in [1.807, 2.05) is 0 Å². The van der Waals surface area contributed by atoms with Gasteiger partial charge in [-0.25, -0.2) is 14.1 Å². The lowest BCUT2D eigenvalue weighted by molar-refractivity contribution is -0.143. The van der Waals surface area contributed by atoms with Gasteiger partial charge in [-0.2, -0.15) is 22.7 Å². The molecule has 3 aromatic heterocycles. The number of rotatable bonds is 5. The molecule has 180 valence electrons. The van der Waals surface area contributed by atoms with Crippen molar-refractivity contribution in [3.8, 4) is 17.3 Å². The number of hydrogen-bond acceptors (Lipinski definition) is 7. The van der Waals surface area contributed by atoms with Crippen molar-refractivity contribution in [3.05, 3.63) is 76.8 Å². The number of nitrogens with one attached hydrogen (secondary N) is 1. The summed E-state index contributed by atoms with van der Waals surface area (Å²) in [6.45, 7) is 0. The zero-order valence-electron chi connectivity index (χ0n) is 17.0. The van der Waals surface area contributed by atoms with Gasteiger partial charge in [-0.15, -0.1) is 10.2 Å². The Balaban J connectivity index is 1.60. The summed E-state index contributed by atoms with van der Waals surface area (Å²) in [4.78, 5) is 16.3. The molecule has 3 heterocycles. The second-order valence-corrected chi connectivity index (χ2v) is 7.12. The molecule has 1 amide bonds. The quantitative estimate of drug-likeness (QED) is 0.375. The van der Waals surface area contributed by atoms with Crippen LogP contribution in [0.5, 0.6) is 11.5 Å². The van der Waals surface area contributed by atoms with E-state index in [1.165, 1.54) is 18.3 Å². The predicted molar refractivity (Wildman–Crippen MR) is 112 cm³/mol. The molecule has 0 aliphatic heterocycles. The first-order chi connectivity index (χ1) is 16.5. The van der Waals surface area contributed by atoms with Gasteiger partial charge in [-0.05, 0) is 24.3 Å². The lowest BCUT2D eigenvalue weighted by atomic mass is 10.2. The number of aromatic nitrogens is 5. The summed E-state index contributed by atoms with van der Waals surface area (Å²) < 4.78 is 74.4. The van der Waals surface area contributed by atoms with E-state index in [1.54, 1.807) is 0 Å². The van der Waals surface area contributed by atoms with Crippen molar-refractivity contribution < 1.29 is 31.5 Å². The minimum absolute atomic E-state index is 0.0148. The molecule has 0 saturated heterocycles. The van der Waals surface area contributed by atoms with Gasteiger partial charge in [-0.1, -0.05) is 11.6 Å². The fraction of sp³-hybridized carbons (Fsp3) is 0.0500. The van der Waals surface area contributed by atoms with Gasteiger partial charge in [0.2, 0.25) is 5.95 Å². The van der Waals surface area contributed by atoms with Crippen molar-refractivity contribution in [3.63, 3.8) is 0 Å². The average molecular weight is 512 g/mol. The molecule has 0 fully saturated rings. The molecule has 9 nitrogen and oxygen atoms in total. The highest BCUT2D eigenvalue weighted by Crippen LogP contribution is 2.35. The maximum Gasteiger partial charge on any atom is 0.434 e. The summed E-state index contributed by atoms with van der Waals surface area (Å²) in [5.74, 6) is -4.01. The molecule has 0 bridgehead atoms. The van der Waals surface area contributed by atoms with Crippen LogP contribution in [0.3, 0.4) is 0 Å². The van der Waals surface area contributed by atoms with Crippen molar-refractivity contribution >= 4 is 29.0 Å². The highest BCUT2D eigenvalue weighted by molar-refractivity contribution is 6.34. The van der Waals surface area contributed by atoms with E-state index in [0.29, 0.717) is 10.9 Å². The third kappa shape index (κ3) is 4.96. The Kier molecular flexibility index (Phi) is 6.22. The summed E-state index contributed by atoms with van der Waals surface area (Å²) in [5.41, 5.74) is 3.01. The average Bonchev–Trinajstić information content (AvgIpc) is 3.25. The number of carbonyl (C=O) groups excluding carboxylic acids is 1. The number of nitrogens with zero attached hydrogens (tertiary/aromatic N) is 5. The van der Waals surface area contributed by atoms with Gasteiger partial charge in [0.1, 0.15) is 10.8 Å². The molecule has 0 atom stereocenters. The number of nitrogens with two attached hydrogens (primary N) is 1. The van der Waals surface area contributed by atoms with Crippen LogP contribution >= 0.6 is 11.6 Å². The molecule has 4 aromatic rings. The normalized spacial score (nSPS) is 11.4. The number of carbonyl (C=O) groups is 1. The Hall–Kier alpha value is -4.33. The fourth-order valence-corrected chi connectivity index (χ4v) is 3.03. The van der Waals surface area contributed by atoms with Crippen LogP contribution in [-0.4, -0.2) is 30.9 Å². The lowest BCUT2D eigenvalue weighted by Crippen LogP contribution is -2.21. The molecule has 4 rings (SSSR count). The van der Waals surface area contributed by atoms with E-state index in [-0.39, 0.29) is 28.0 Å². The predicted octanol–water partition coefficient (Wildman–Crippen LogP) is 4.63. The Morgan fingerprint density at radius 1 is 1.09 bits per heavy atom. The number of benzene rings is 1. The molecule has 3 N–H and O–H groups in total. The summed E-state index contributed by atoms with van der Waals surface area (Å²) in [6, 6.07) is 6.18. The number of anilines is 2. The fourth-order valence-electron chi connectivity index (χ4n) is 2.88. The van der Waals surface area contributed by atoms with Gasteiger partial charge in [0.15, 0.2) is 28.8 Å². The van der Waals surface area contributed by atoms with Crippen molar-refractivity contribution in [1.82, 2.24) is 25.0 Å². The first kappa shape index (κ1) is 23.8. The third-order valence-electron chi connectivity index (χ3n) is 4.41. The SMILES string of the molecule is Nc1nccc(Oc2ccc(NC(=O)c3cnn(-c4ccc(F)nn4)c3C(F)(F)F)cc2F)c1Cl. The summed E-state index contributed by atoms with van der Waals surface area (Å²) >= 11 is 5.95. The summed E-state index contributed by atoms with van der Waals surface area (Å²) in [6.07, 6.45) is -3.11. The van der Waals surface area contributed by atoms with Crippen LogP contribution in [0, 0.1) is 11.8 Å². The Morgan fingerprint density at radius 3 is 2.51 bits per heavy atom. The highest BCUT2D eigenvalue weighted by Gasteiger charge is 2.41.